The largest absolute Gasteiger partial charge is 0.490 e. The summed E-state index contributed by atoms with van der Waals surface area (Å²) in [5.41, 5.74) is 1.15. The van der Waals surface area contributed by atoms with Gasteiger partial charge in [0.1, 0.15) is 0 Å². The molecule has 0 heterocycles. The molecule has 2 aromatic carbocycles. The average Bonchev–Trinajstić information content (AvgIpc) is 3.24. The molecule has 1 saturated carbocycles. The highest BCUT2D eigenvalue weighted by molar-refractivity contribution is 5.91. The Kier molecular flexibility index (Phi) is 4.41. The number of aryl methyl sites for hydroxylation is 1. The fourth-order valence-corrected chi connectivity index (χ4v) is 2.09. The first-order valence-electron chi connectivity index (χ1n) is 7.06. The minimum Gasteiger partial charge on any atom is -0.490 e. The zero-order chi connectivity index (χ0) is 13.8. The van der Waals surface area contributed by atoms with Gasteiger partial charge in [-0.2, -0.15) is 0 Å². The van der Waals surface area contributed by atoms with Crippen molar-refractivity contribution < 1.29 is 9.13 Å². The maximum atomic E-state index is 13.8. The molecule has 0 unspecified atom stereocenters. The lowest BCUT2D eigenvalue weighted by molar-refractivity contribution is 0.289. The van der Waals surface area contributed by atoms with E-state index in [-0.39, 0.29) is 5.82 Å². The molecule has 0 spiro atoms. The predicted octanol–water partition coefficient (Wildman–Crippen LogP) is 5.10. The van der Waals surface area contributed by atoms with E-state index in [2.05, 4.69) is 0 Å². The lowest BCUT2D eigenvalue weighted by atomic mass is 10.0. The zero-order valence-electron chi connectivity index (χ0n) is 11.9. The summed E-state index contributed by atoms with van der Waals surface area (Å²) in [7, 11) is 0. The Morgan fingerprint density at radius 2 is 1.84 bits per heavy atom. The smallest absolute Gasteiger partial charge is 0.165 e. The van der Waals surface area contributed by atoms with Crippen LogP contribution in [-0.4, -0.2) is 6.61 Å². The molecule has 0 aliphatic heterocycles. The second-order valence-corrected chi connectivity index (χ2v) is 4.80. The quantitative estimate of drug-likeness (QED) is 0.745. The third-order valence-electron chi connectivity index (χ3n) is 3.34. The molecule has 0 N–H and O–H groups in total. The van der Waals surface area contributed by atoms with Crippen LogP contribution in [0, 0.1) is 18.7 Å². The SMILES string of the molecule is CC.Cc1cccc2c(OCC3CC3)c(F)ccc12. The first-order valence-corrected chi connectivity index (χ1v) is 7.06. The van der Waals surface area contributed by atoms with Crippen molar-refractivity contribution in [3.05, 3.63) is 41.7 Å². The Hall–Kier alpha value is -1.57. The molecule has 19 heavy (non-hydrogen) atoms. The van der Waals surface area contributed by atoms with Crippen molar-refractivity contribution in [1.82, 2.24) is 0 Å². The van der Waals surface area contributed by atoms with Crippen LogP contribution in [0.3, 0.4) is 0 Å². The fraction of sp³-hybridized carbons (Fsp3) is 0.412. The van der Waals surface area contributed by atoms with E-state index in [9.17, 15) is 4.39 Å². The first kappa shape index (κ1) is 13.9. The van der Waals surface area contributed by atoms with Crippen molar-refractivity contribution in [3.63, 3.8) is 0 Å². The lowest BCUT2D eigenvalue weighted by Crippen LogP contribution is -2.01. The van der Waals surface area contributed by atoms with Crippen molar-refractivity contribution in [2.45, 2.75) is 33.6 Å². The van der Waals surface area contributed by atoms with E-state index >= 15 is 0 Å². The van der Waals surface area contributed by atoms with Crippen LogP contribution in [0.2, 0.25) is 0 Å². The summed E-state index contributed by atoms with van der Waals surface area (Å²) in [4.78, 5) is 0. The molecule has 102 valence electrons. The minimum absolute atomic E-state index is 0.260. The molecular weight excluding hydrogens is 239 g/mol. The standard InChI is InChI=1S/C15H15FO.C2H6/c1-10-3-2-4-13-12(10)7-8-14(16)15(13)17-9-11-5-6-11;1-2/h2-4,7-8,11H,5-6,9H2,1H3;1-2H3. The Morgan fingerprint density at radius 1 is 1.11 bits per heavy atom. The number of hydrogen-bond donors (Lipinski definition) is 0. The second-order valence-electron chi connectivity index (χ2n) is 4.80. The van der Waals surface area contributed by atoms with Crippen LogP contribution in [0.15, 0.2) is 30.3 Å². The molecule has 0 bridgehead atoms. The number of hydrogen-bond acceptors (Lipinski definition) is 1. The second kappa shape index (κ2) is 6.05. The van der Waals surface area contributed by atoms with Gasteiger partial charge in [0, 0.05) is 5.39 Å². The van der Waals surface area contributed by atoms with Gasteiger partial charge in [0.15, 0.2) is 11.6 Å². The Bertz CT molecular complexity index is 558. The Labute approximate surface area is 114 Å². The fourth-order valence-electron chi connectivity index (χ4n) is 2.09. The highest BCUT2D eigenvalue weighted by Crippen LogP contribution is 2.34. The van der Waals surface area contributed by atoms with Crippen molar-refractivity contribution in [1.29, 1.82) is 0 Å². The molecule has 3 rings (SSSR count). The molecule has 1 aliphatic rings. The van der Waals surface area contributed by atoms with Gasteiger partial charge in [-0.05, 0) is 42.7 Å². The van der Waals surface area contributed by atoms with Gasteiger partial charge < -0.3 is 4.74 Å². The van der Waals surface area contributed by atoms with Crippen molar-refractivity contribution >= 4 is 10.8 Å². The van der Waals surface area contributed by atoms with E-state index in [4.69, 9.17) is 4.74 Å². The predicted molar refractivity (Wildman–Crippen MR) is 78.2 cm³/mol. The van der Waals surface area contributed by atoms with Crippen LogP contribution in [0.25, 0.3) is 10.8 Å². The molecule has 1 aliphatic carbocycles. The molecule has 2 aromatic rings. The summed E-state index contributed by atoms with van der Waals surface area (Å²) in [5, 5.41) is 1.95. The summed E-state index contributed by atoms with van der Waals surface area (Å²) in [5.74, 6) is 0.788. The van der Waals surface area contributed by atoms with Crippen LogP contribution in [0.4, 0.5) is 4.39 Å². The highest BCUT2D eigenvalue weighted by atomic mass is 19.1. The topological polar surface area (TPSA) is 9.23 Å². The number of halogens is 1. The minimum atomic E-state index is -0.260. The maximum absolute atomic E-state index is 13.8. The Balaban J connectivity index is 0.000000637. The summed E-state index contributed by atoms with van der Waals surface area (Å²) < 4.78 is 19.5. The van der Waals surface area contributed by atoms with E-state index in [0.29, 0.717) is 18.3 Å². The molecular formula is C17H21FO. The van der Waals surface area contributed by atoms with Crippen molar-refractivity contribution in [3.8, 4) is 5.75 Å². The summed E-state index contributed by atoms with van der Waals surface area (Å²) >= 11 is 0. The maximum Gasteiger partial charge on any atom is 0.165 e. The number of fused-ring (bicyclic) bond motifs is 1. The van der Waals surface area contributed by atoms with Crippen molar-refractivity contribution in [2.75, 3.05) is 6.61 Å². The monoisotopic (exact) mass is 260 g/mol. The van der Waals surface area contributed by atoms with Gasteiger partial charge in [0.2, 0.25) is 0 Å². The van der Waals surface area contributed by atoms with Gasteiger partial charge >= 0.3 is 0 Å². The van der Waals surface area contributed by atoms with Crippen LogP contribution in [0.1, 0.15) is 32.3 Å². The summed E-state index contributed by atoms with van der Waals surface area (Å²) in [6, 6.07) is 9.22. The van der Waals surface area contributed by atoms with Crippen LogP contribution in [-0.2, 0) is 0 Å². The molecule has 1 nitrogen and oxygen atoms in total. The van der Waals surface area contributed by atoms with E-state index in [1.54, 1.807) is 0 Å². The average molecular weight is 260 g/mol. The van der Waals surface area contributed by atoms with Crippen LogP contribution < -0.4 is 4.74 Å². The van der Waals surface area contributed by atoms with Gasteiger partial charge in [-0.25, -0.2) is 4.39 Å². The molecule has 0 aromatic heterocycles. The van der Waals surface area contributed by atoms with Crippen molar-refractivity contribution in [2.24, 2.45) is 5.92 Å². The van der Waals surface area contributed by atoms with Gasteiger partial charge in [-0.3, -0.25) is 0 Å². The van der Waals surface area contributed by atoms with E-state index < -0.39 is 0 Å². The Morgan fingerprint density at radius 3 is 2.53 bits per heavy atom. The number of ether oxygens (including phenoxy) is 1. The molecule has 0 amide bonds. The summed E-state index contributed by atoms with van der Waals surface area (Å²) in [6.45, 7) is 6.68. The van der Waals surface area contributed by atoms with Gasteiger partial charge in [0.25, 0.3) is 0 Å². The third kappa shape index (κ3) is 3.06. The van der Waals surface area contributed by atoms with Crippen LogP contribution >= 0.6 is 0 Å². The van der Waals surface area contributed by atoms with Gasteiger partial charge in [-0.15, -0.1) is 0 Å². The van der Waals surface area contributed by atoms with E-state index in [1.807, 2.05) is 45.0 Å². The molecule has 0 radical (unpaired) electrons. The normalized spacial score (nSPS) is 13.9. The first-order chi connectivity index (χ1) is 9.25. The number of rotatable bonds is 3. The number of benzene rings is 2. The summed E-state index contributed by atoms with van der Waals surface area (Å²) in [6.07, 6.45) is 2.43. The molecule has 0 saturated heterocycles. The van der Waals surface area contributed by atoms with Crippen LogP contribution in [0.5, 0.6) is 5.75 Å². The molecule has 1 fully saturated rings. The molecule has 0 atom stereocenters. The lowest BCUT2D eigenvalue weighted by Gasteiger charge is -2.11. The third-order valence-corrected chi connectivity index (χ3v) is 3.34. The highest BCUT2D eigenvalue weighted by Gasteiger charge is 2.23. The van der Waals surface area contributed by atoms with E-state index in [0.717, 1.165) is 16.3 Å². The van der Waals surface area contributed by atoms with Gasteiger partial charge in [-0.1, -0.05) is 38.1 Å². The van der Waals surface area contributed by atoms with E-state index in [1.165, 1.54) is 18.9 Å². The van der Waals surface area contributed by atoms with Gasteiger partial charge in [0.05, 0.1) is 6.61 Å². The molecule has 2 heteroatoms. The zero-order valence-corrected chi connectivity index (χ0v) is 11.9.